The van der Waals surface area contributed by atoms with Crippen LogP contribution in [0, 0.1) is 0 Å². The molecule has 28 heavy (non-hydrogen) atoms. The largest absolute Gasteiger partial charge is 0.484 e. The predicted molar refractivity (Wildman–Crippen MR) is 110 cm³/mol. The lowest BCUT2D eigenvalue weighted by molar-refractivity contribution is -0.118. The monoisotopic (exact) mass is 390 g/mol. The Labute approximate surface area is 166 Å². The molecule has 0 atom stereocenters. The SMILES string of the molecule is Cn1cnnc1Sc1ccc(NC(=O)COc2ccc3ccccc3c2)cc1. The summed E-state index contributed by atoms with van der Waals surface area (Å²) in [5.74, 6) is 0.464. The third-order valence-corrected chi connectivity index (χ3v) is 5.17. The number of aromatic nitrogens is 3. The molecule has 1 amide bonds. The molecular formula is C21H18N4O2S. The molecule has 0 saturated heterocycles. The van der Waals surface area contributed by atoms with Gasteiger partial charge in [0.15, 0.2) is 11.8 Å². The predicted octanol–water partition coefficient (Wildman–Crippen LogP) is 4.14. The summed E-state index contributed by atoms with van der Waals surface area (Å²) in [6.45, 7) is -0.0478. The number of benzene rings is 3. The van der Waals surface area contributed by atoms with E-state index in [9.17, 15) is 4.79 Å². The average Bonchev–Trinajstić information content (AvgIpc) is 3.12. The maximum Gasteiger partial charge on any atom is 0.262 e. The topological polar surface area (TPSA) is 69.0 Å². The minimum atomic E-state index is -0.207. The Morgan fingerprint density at radius 1 is 1.07 bits per heavy atom. The highest BCUT2D eigenvalue weighted by molar-refractivity contribution is 7.99. The van der Waals surface area contributed by atoms with Gasteiger partial charge in [0.1, 0.15) is 12.1 Å². The van der Waals surface area contributed by atoms with Crippen LogP contribution in [0.15, 0.2) is 83.1 Å². The molecule has 0 bridgehead atoms. The molecule has 3 aromatic carbocycles. The summed E-state index contributed by atoms with van der Waals surface area (Å²) < 4.78 is 7.47. The molecule has 4 aromatic rings. The quantitative estimate of drug-likeness (QED) is 0.536. The van der Waals surface area contributed by atoms with Crippen molar-refractivity contribution in [1.29, 1.82) is 0 Å². The number of hydrogen-bond donors (Lipinski definition) is 1. The van der Waals surface area contributed by atoms with Crippen LogP contribution in [0.1, 0.15) is 0 Å². The zero-order valence-corrected chi connectivity index (χ0v) is 16.0. The van der Waals surface area contributed by atoms with Crippen molar-refractivity contribution in [2.45, 2.75) is 10.1 Å². The lowest BCUT2D eigenvalue weighted by Crippen LogP contribution is -2.20. The molecule has 1 N–H and O–H groups in total. The van der Waals surface area contributed by atoms with Crippen LogP contribution in [-0.2, 0) is 11.8 Å². The van der Waals surface area contributed by atoms with Crippen molar-refractivity contribution in [3.63, 3.8) is 0 Å². The number of rotatable bonds is 6. The Balaban J connectivity index is 1.32. The van der Waals surface area contributed by atoms with E-state index in [-0.39, 0.29) is 12.5 Å². The zero-order valence-electron chi connectivity index (χ0n) is 15.2. The van der Waals surface area contributed by atoms with E-state index in [2.05, 4.69) is 15.5 Å². The molecule has 140 valence electrons. The van der Waals surface area contributed by atoms with Gasteiger partial charge in [-0.15, -0.1) is 10.2 Å². The third-order valence-electron chi connectivity index (χ3n) is 4.11. The van der Waals surface area contributed by atoms with E-state index >= 15 is 0 Å². The van der Waals surface area contributed by atoms with Crippen molar-refractivity contribution in [2.75, 3.05) is 11.9 Å². The van der Waals surface area contributed by atoms with Gasteiger partial charge in [-0.2, -0.15) is 0 Å². The summed E-state index contributed by atoms with van der Waals surface area (Å²) >= 11 is 1.51. The van der Waals surface area contributed by atoms with Crippen LogP contribution in [0.2, 0.25) is 0 Å². The second-order valence-corrected chi connectivity index (χ2v) is 7.24. The van der Waals surface area contributed by atoms with Crippen molar-refractivity contribution in [3.05, 3.63) is 73.1 Å². The van der Waals surface area contributed by atoms with Crippen molar-refractivity contribution in [2.24, 2.45) is 7.05 Å². The van der Waals surface area contributed by atoms with Gasteiger partial charge >= 0.3 is 0 Å². The summed E-state index contributed by atoms with van der Waals surface area (Å²) in [6, 6.07) is 21.4. The van der Waals surface area contributed by atoms with Crippen LogP contribution in [0.4, 0.5) is 5.69 Å². The van der Waals surface area contributed by atoms with E-state index in [1.165, 1.54) is 11.8 Å². The molecule has 0 fully saturated rings. The molecular weight excluding hydrogens is 372 g/mol. The number of aryl methyl sites for hydroxylation is 1. The molecule has 0 unspecified atom stereocenters. The molecule has 1 aromatic heterocycles. The standard InChI is InChI=1S/C21H18N4O2S/c1-25-14-22-24-21(25)28-19-10-7-17(8-11-19)23-20(26)13-27-18-9-6-15-4-2-3-5-16(15)12-18/h2-12,14H,13H2,1H3,(H,23,26). The van der Waals surface area contributed by atoms with Crippen LogP contribution in [0.25, 0.3) is 10.8 Å². The Morgan fingerprint density at radius 2 is 1.86 bits per heavy atom. The number of carbonyl (C=O) groups excluding carboxylic acids is 1. The van der Waals surface area contributed by atoms with E-state index in [1.807, 2.05) is 78.3 Å². The smallest absolute Gasteiger partial charge is 0.262 e. The summed E-state index contributed by atoms with van der Waals surface area (Å²) in [6.07, 6.45) is 1.66. The van der Waals surface area contributed by atoms with E-state index in [1.54, 1.807) is 6.33 Å². The van der Waals surface area contributed by atoms with E-state index in [4.69, 9.17) is 4.74 Å². The Morgan fingerprint density at radius 3 is 2.61 bits per heavy atom. The van der Waals surface area contributed by atoms with Gasteiger partial charge < -0.3 is 14.6 Å². The third kappa shape index (κ3) is 4.32. The highest BCUT2D eigenvalue weighted by atomic mass is 32.2. The zero-order chi connectivity index (χ0) is 19.3. The van der Waals surface area contributed by atoms with Crippen molar-refractivity contribution >= 4 is 34.1 Å². The minimum Gasteiger partial charge on any atom is -0.484 e. The number of fused-ring (bicyclic) bond motifs is 1. The maximum atomic E-state index is 12.2. The fourth-order valence-corrected chi connectivity index (χ4v) is 3.44. The van der Waals surface area contributed by atoms with E-state index in [0.29, 0.717) is 5.75 Å². The number of hydrogen-bond acceptors (Lipinski definition) is 5. The second-order valence-electron chi connectivity index (χ2n) is 6.20. The molecule has 0 radical (unpaired) electrons. The number of nitrogens with zero attached hydrogens (tertiary/aromatic N) is 3. The van der Waals surface area contributed by atoms with Gasteiger partial charge in [-0.25, -0.2) is 0 Å². The Hall–Kier alpha value is -3.32. The van der Waals surface area contributed by atoms with Gasteiger partial charge in [0.2, 0.25) is 0 Å². The summed E-state index contributed by atoms with van der Waals surface area (Å²) in [7, 11) is 1.90. The summed E-state index contributed by atoms with van der Waals surface area (Å²) in [4.78, 5) is 13.2. The van der Waals surface area contributed by atoms with E-state index in [0.717, 1.165) is 26.5 Å². The number of nitrogens with one attached hydrogen (secondary N) is 1. The number of ether oxygens (including phenoxy) is 1. The number of amides is 1. The highest BCUT2D eigenvalue weighted by Gasteiger charge is 2.07. The van der Waals surface area contributed by atoms with Crippen LogP contribution < -0.4 is 10.1 Å². The van der Waals surface area contributed by atoms with Crippen LogP contribution in [0.5, 0.6) is 5.75 Å². The first-order valence-electron chi connectivity index (χ1n) is 8.71. The first-order valence-corrected chi connectivity index (χ1v) is 9.52. The molecule has 6 nitrogen and oxygen atoms in total. The van der Waals surface area contributed by atoms with Crippen molar-refractivity contribution in [1.82, 2.24) is 14.8 Å². The molecule has 1 heterocycles. The molecule has 4 rings (SSSR count). The van der Waals surface area contributed by atoms with Gasteiger partial charge in [0.05, 0.1) is 0 Å². The highest BCUT2D eigenvalue weighted by Crippen LogP contribution is 2.26. The van der Waals surface area contributed by atoms with Crippen molar-refractivity contribution < 1.29 is 9.53 Å². The van der Waals surface area contributed by atoms with Crippen molar-refractivity contribution in [3.8, 4) is 5.75 Å². The van der Waals surface area contributed by atoms with Gasteiger partial charge in [0, 0.05) is 17.6 Å². The lowest BCUT2D eigenvalue weighted by Gasteiger charge is -2.09. The first-order chi connectivity index (χ1) is 13.7. The molecule has 0 aliphatic rings. The number of carbonyl (C=O) groups is 1. The normalized spacial score (nSPS) is 10.8. The van der Waals surface area contributed by atoms with Gasteiger partial charge in [-0.05, 0) is 58.9 Å². The first kappa shape index (κ1) is 18.1. The molecule has 0 saturated carbocycles. The molecule has 0 spiro atoms. The van der Waals surface area contributed by atoms with Crippen LogP contribution >= 0.6 is 11.8 Å². The fourth-order valence-electron chi connectivity index (χ4n) is 2.68. The molecule has 0 aliphatic heterocycles. The van der Waals surface area contributed by atoms with Gasteiger partial charge in [-0.1, -0.05) is 30.3 Å². The second kappa shape index (κ2) is 8.14. The Kier molecular flexibility index (Phi) is 5.25. The van der Waals surface area contributed by atoms with Crippen LogP contribution in [-0.4, -0.2) is 27.3 Å². The lowest BCUT2D eigenvalue weighted by atomic mass is 10.1. The van der Waals surface area contributed by atoms with Gasteiger partial charge in [-0.3, -0.25) is 4.79 Å². The molecule has 7 heteroatoms. The minimum absolute atomic E-state index is 0.0478. The van der Waals surface area contributed by atoms with Gasteiger partial charge in [0.25, 0.3) is 5.91 Å². The summed E-state index contributed by atoms with van der Waals surface area (Å²) in [5.41, 5.74) is 0.717. The average molecular weight is 390 g/mol. The Bertz CT molecular complexity index is 1110. The summed E-state index contributed by atoms with van der Waals surface area (Å²) in [5, 5.41) is 13.8. The maximum absolute atomic E-state index is 12.2. The van der Waals surface area contributed by atoms with Crippen LogP contribution in [0.3, 0.4) is 0 Å². The fraction of sp³-hybridized carbons (Fsp3) is 0.0952. The number of anilines is 1. The van der Waals surface area contributed by atoms with E-state index < -0.39 is 0 Å². The molecule has 0 aliphatic carbocycles.